The van der Waals surface area contributed by atoms with Crippen molar-refractivity contribution >= 4 is 28.8 Å². The number of anilines is 3. The molecule has 1 aliphatic heterocycles. The molecular weight excluding hydrogens is 240 g/mol. The fourth-order valence-corrected chi connectivity index (χ4v) is 3.32. The number of nitrogen functional groups attached to an aromatic ring is 1. The lowest BCUT2D eigenvalue weighted by Crippen LogP contribution is -2.05. The van der Waals surface area contributed by atoms with Crippen LogP contribution in [0.2, 0.25) is 0 Å². The van der Waals surface area contributed by atoms with E-state index in [-0.39, 0.29) is 0 Å². The van der Waals surface area contributed by atoms with Crippen LogP contribution in [0.1, 0.15) is 25.3 Å². The fraction of sp³-hybridized carbons (Fsp3) is 0.200. The third kappa shape index (κ3) is 1.85. The molecule has 0 fully saturated rings. The average molecular weight is 256 g/mol. The highest BCUT2D eigenvalue weighted by Crippen LogP contribution is 2.47. The zero-order chi connectivity index (χ0) is 12.7. The maximum absolute atomic E-state index is 6.00. The van der Waals surface area contributed by atoms with E-state index in [1.807, 2.05) is 0 Å². The number of nitrogens with two attached hydrogens (primary N) is 1. The molecular formula is C15H16N2S. The first-order valence-corrected chi connectivity index (χ1v) is 6.94. The molecule has 0 unspecified atom stereocenters. The van der Waals surface area contributed by atoms with Crippen molar-refractivity contribution in [1.29, 1.82) is 0 Å². The Hall–Kier alpha value is -1.61. The highest BCUT2D eigenvalue weighted by atomic mass is 32.2. The molecule has 0 radical (unpaired) electrons. The number of hydrogen-bond acceptors (Lipinski definition) is 3. The maximum Gasteiger partial charge on any atom is 0.0563 e. The normalized spacial score (nSPS) is 12.8. The summed E-state index contributed by atoms with van der Waals surface area (Å²) in [5, 5.41) is 3.54. The number of benzene rings is 2. The molecule has 3 heteroatoms. The van der Waals surface area contributed by atoms with Crippen LogP contribution >= 0.6 is 11.8 Å². The van der Waals surface area contributed by atoms with Crippen LogP contribution in [0.15, 0.2) is 46.2 Å². The van der Waals surface area contributed by atoms with Gasteiger partial charge in [0.1, 0.15) is 0 Å². The van der Waals surface area contributed by atoms with Gasteiger partial charge in [0.2, 0.25) is 0 Å². The molecule has 0 spiro atoms. The second-order valence-electron chi connectivity index (χ2n) is 4.86. The van der Waals surface area contributed by atoms with E-state index in [2.05, 4.69) is 55.6 Å². The van der Waals surface area contributed by atoms with Gasteiger partial charge in [-0.15, -0.1) is 0 Å². The molecule has 0 saturated carbocycles. The smallest absolute Gasteiger partial charge is 0.0563 e. The minimum atomic E-state index is 0.459. The second-order valence-corrected chi connectivity index (χ2v) is 5.94. The minimum absolute atomic E-state index is 0.459. The van der Waals surface area contributed by atoms with Gasteiger partial charge < -0.3 is 11.1 Å². The first-order valence-electron chi connectivity index (χ1n) is 6.12. The summed E-state index contributed by atoms with van der Waals surface area (Å²) in [5.74, 6) is 0.459. The van der Waals surface area contributed by atoms with E-state index >= 15 is 0 Å². The van der Waals surface area contributed by atoms with E-state index in [4.69, 9.17) is 5.73 Å². The van der Waals surface area contributed by atoms with Crippen molar-refractivity contribution in [3.63, 3.8) is 0 Å². The number of fused-ring (bicyclic) bond motifs is 2. The molecule has 3 rings (SSSR count). The zero-order valence-electron chi connectivity index (χ0n) is 10.5. The first kappa shape index (κ1) is 11.5. The largest absolute Gasteiger partial charge is 0.399 e. The summed E-state index contributed by atoms with van der Waals surface area (Å²) in [6.45, 7) is 4.39. The van der Waals surface area contributed by atoms with Crippen LogP contribution in [0.4, 0.5) is 17.1 Å². The van der Waals surface area contributed by atoms with Crippen molar-refractivity contribution in [1.82, 2.24) is 0 Å². The summed E-state index contributed by atoms with van der Waals surface area (Å²) >= 11 is 1.79. The summed E-state index contributed by atoms with van der Waals surface area (Å²) in [7, 11) is 0. The topological polar surface area (TPSA) is 38.0 Å². The van der Waals surface area contributed by atoms with Crippen molar-refractivity contribution < 1.29 is 0 Å². The van der Waals surface area contributed by atoms with Crippen LogP contribution in [-0.4, -0.2) is 0 Å². The Kier molecular flexibility index (Phi) is 2.71. The molecule has 0 atom stereocenters. The average Bonchev–Trinajstić information content (AvgIpc) is 2.35. The van der Waals surface area contributed by atoms with Crippen LogP contribution in [0.5, 0.6) is 0 Å². The Morgan fingerprint density at radius 3 is 2.67 bits per heavy atom. The van der Waals surface area contributed by atoms with E-state index < -0.39 is 0 Å². The molecule has 0 aromatic heterocycles. The predicted molar refractivity (Wildman–Crippen MR) is 78.8 cm³/mol. The van der Waals surface area contributed by atoms with E-state index in [9.17, 15) is 0 Å². The van der Waals surface area contributed by atoms with Crippen molar-refractivity contribution in [3.8, 4) is 0 Å². The van der Waals surface area contributed by atoms with E-state index in [0.717, 1.165) is 5.69 Å². The van der Waals surface area contributed by atoms with Gasteiger partial charge in [-0.3, -0.25) is 0 Å². The minimum Gasteiger partial charge on any atom is -0.399 e. The molecule has 0 saturated heterocycles. The Bertz CT molecular complexity index is 605. The fourth-order valence-electron chi connectivity index (χ4n) is 2.24. The molecule has 1 aliphatic rings. The Balaban J connectivity index is 2.15. The molecule has 0 bridgehead atoms. The van der Waals surface area contributed by atoms with Crippen molar-refractivity contribution in [3.05, 3.63) is 42.0 Å². The Morgan fingerprint density at radius 1 is 1.11 bits per heavy atom. The molecule has 18 heavy (non-hydrogen) atoms. The Labute approximate surface area is 112 Å². The van der Waals surface area contributed by atoms with Crippen molar-refractivity contribution in [2.75, 3.05) is 11.1 Å². The van der Waals surface area contributed by atoms with Gasteiger partial charge in [-0.05, 0) is 35.7 Å². The quantitative estimate of drug-likeness (QED) is 0.625. The number of rotatable bonds is 1. The molecule has 2 aromatic rings. The highest BCUT2D eigenvalue weighted by molar-refractivity contribution is 7.99. The van der Waals surface area contributed by atoms with Crippen LogP contribution in [-0.2, 0) is 0 Å². The third-order valence-corrected chi connectivity index (χ3v) is 4.26. The van der Waals surface area contributed by atoms with Gasteiger partial charge in [0.05, 0.1) is 11.4 Å². The molecule has 0 amide bonds. The Morgan fingerprint density at radius 2 is 1.89 bits per heavy atom. The van der Waals surface area contributed by atoms with Gasteiger partial charge in [0, 0.05) is 15.5 Å². The molecule has 92 valence electrons. The number of hydrogen-bond donors (Lipinski definition) is 2. The summed E-state index contributed by atoms with van der Waals surface area (Å²) < 4.78 is 0. The third-order valence-electron chi connectivity index (χ3n) is 3.14. The summed E-state index contributed by atoms with van der Waals surface area (Å²) in [6, 6.07) is 12.5. The first-order chi connectivity index (χ1) is 8.65. The van der Waals surface area contributed by atoms with Gasteiger partial charge >= 0.3 is 0 Å². The van der Waals surface area contributed by atoms with Gasteiger partial charge in [0.15, 0.2) is 0 Å². The predicted octanol–water partition coefficient (Wildman–Crippen LogP) is 4.60. The lowest BCUT2D eigenvalue weighted by Gasteiger charge is -2.25. The molecule has 2 nitrogen and oxygen atoms in total. The summed E-state index contributed by atoms with van der Waals surface area (Å²) in [5.41, 5.74) is 10.5. The summed E-state index contributed by atoms with van der Waals surface area (Å²) in [6.07, 6.45) is 0. The van der Waals surface area contributed by atoms with Crippen LogP contribution in [0.3, 0.4) is 0 Å². The zero-order valence-corrected chi connectivity index (χ0v) is 11.3. The standard InChI is InChI=1S/C15H16N2S/c1-9(2)11-7-10(16)8-14-15(11)17-12-5-3-4-6-13(12)18-14/h3-9,17H,16H2,1-2H3. The van der Waals surface area contributed by atoms with Crippen LogP contribution in [0, 0.1) is 0 Å². The highest BCUT2D eigenvalue weighted by Gasteiger charge is 2.19. The SMILES string of the molecule is CC(C)c1cc(N)cc2c1Nc1ccccc1S2. The molecule has 1 heterocycles. The molecule has 3 N–H and O–H groups in total. The monoisotopic (exact) mass is 256 g/mol. The lowest BCUT2D eigenvalue weighted by atomic mass is 10.00. The van der Waals surface area contributed by atoms with Gasteiger partial charge in [-0.25, -0.2) is 0 Å². The number of nitrogens with one attached hydrogen (secondary N) is 1. The lowest BCUT2D eigenvalue weighted by molar-refractivity contribution is 0.865. The second kappa shape index (κ2) is 4.25. The van der Waals surface area contributed by atoms with Crippen molar-refractivity contribution in [2.24, 2.45) is 0 Å². The van der Waals surface area contributed by atoms with Gasteiger partial charge in [-0.2, -0.15) is 0 Å². The molecule has 2 aromatic carbocycles. The van der Waals surface area contributed by atoms with Crippen molar-refractivity contribution in [2.45, 2.75) is 29.6 Å². The van der Waals surface area contributed by atoms with Gasteiger partial charge in [-0.1, -0.05) is 37.7 Å². The van der Waals surface area contributed by atoms with Gasteiger partial charge in [0.25, 0.3) is 0 Å². The maximum atomic E-state index is 6.00. The van der Waals surface area contributed by atoms with E-state index in [1.54, 1.807) is 11.8 Å². The number of para-hydroxylation sites is 1. The van der Waals surface area contributed by atoms with E-state index in [1.165, 1.54) is 26.7 Å². The van der Waals surface area contributed by atoms with Crippen LogP contribution in [0.25, 0.3) is 0 Å². The molecule has 0 aliphatic carbocycles. The summed E-state index contributed by atoms with van der Waals surface area (Å²) in [4.78, 5) is 2.47. The van der Waals surface area contributed by atoms with Crippen LogP contribution < -0.4 is 11.1 Å². The van der Waals surface area contributed by atoms with E-state index in [0.29, 0.717) is 5.92 Å².